The molecule has 0 aliphatic heterocycles. The van der Waals surface area contributed by atoms with Crippen molar-refractivity contribution >= 4 is 22.5 Å². The maximum absolute atomic E-state index is 9.48. The third-order valence-corrected chi connectivity index (χ3v) is 4.55. The molecule has 2 aromatic heterocycles. The molecule has 8 nitrogen and oxygen atoms in total. The van der Waals surface area contributed by atoms with Crippen molar-refractivity contribution < 1.29 is 14.6 Å². The molecule has 8 heteroatoms. The van der Waals surface area contributed by atoms with Crippen molar-refractivity contribution in [3.05, 3.63) is 53.3 Å². The molecule has 0 radical (unpaired) electrons. The van der Waals surface area contributed by atoms with Crippen LogP contribution >= 0.6 is 0 Å². The number of rotatable bonds is 6. The zero-order chi connectivity index (χ0) is 19.7. The van der Waals surface area contributed by atoms with E-state index in [0.29, 0.717) is 35.2 Å². The quantitative estimate of drug-likeness (QED) is 0.532. The molecule has 28 heavy (non-hydrogen) atoms. The topological polar surface area (TPSA) is 93.8 Å². The first-order valence-corrected chi connectivity index (χ1v) is 8.85. The number of benzene rings is 2. The van der Waals surface area contributed by atoms with Crippen LogP contribution in [0.15, 0.2) is 36.4 Å². The first-order valence-electron chi connectivity index (χ1n) is 8.85. The van der Waals surface area contributed by atoms with Gasteiger partial charge in [-0.2, -0.15) is 4.52 Å². The van der Waals surface area contributed by atoms with E-state index < -0.39 is 0 Å². The molecule has 0 aliphatic carbocycles. The molecule has 0 saturated heterocycles. The summed E-state index contributed by atoms with van der Waals surface area (Å²) < 4.78 is 12.5. The smallest absolute Gasteiger partial charge is 0.226 e. The molecule has 0 aliphatic rings. The highest BCUT2D eigenvalue weighted by atomic mass is 16.5. The van der Waals surface area contributed by atoms with Crippen LogP contribution in [0.1, 0.15) is 17.0 Å². The van der Waals surface area contributed by atoms with E-state index in [4.69, 9.17) is 14.5 Å². The number of aliphatic hydroxyl groups is 1. The highest BCUT2D eigenvalue weighted by Gasteiger charge is 2.16. The van der Waals surface area contributed by atoms with Gasteiger partial charge in [-0.3, -0.25) is 0 Å². The first kappa shape index (κ1) is 18.0. The van der Waals surface area contributed by atoms with Gasteiger partial charge in [0, 0.05) is 17.5 Å². The minimum atomic E-state index is -0.252. The predicted molar refractivity (Wildman–Crippen MR) is 106 cm³/mol. The van der Waals surface area contributed by atoms with Crippen LogP contribution in [0, 0.1) is 6.92 Å². The molecule has 0 saturated carbocycles. The van der Waals surface area contributed by atoms with E-state index in [1.807, 2.05) is 43.3 Å². The summed E-state index contributed by atoms with van der Waals surface area (Å²) in [5, 5.41) is 18.0. The van der Waals surface area contributed by atoms with Gasteiger partial charge < -0.3 is 19.9 Å². The number of hydrogen-bond acceptors (Lipinski definition) is 7. The average Bonchev–Trinajstić information content (AvgIpc) is 3.17. The van der Waals surface area contributed by atoms with Gasteiger partial charge in [-0.1, -0.05) is 18.2 Å². The van der Waals surface area contributed by atoms with E-state index in [1.165, 1.54) is 0 Å². The molecule has 0 atom stereocenters. The number of methoxy groups -OCH3 is 2. The number of para-hydroxylation sites is 1. The van der Waals surface area contributed by atoms with Crippen molar-refractivity contribution in [3.63, 3.8) is 0 Å². The minimum absolute atomic E-state index is 0.252. The second-order valence-corrected chi connectivity index (χ2v) is 6.38. The molecule has 2 heterocycles. The van der Waals surface area contributed by atoms with Crippen molar-refractivity contribution in [2.75, 3.05) is 19.5 Å². The van der Waals surface area contributed by atoms with Crippen molar-refractivity contribution in [1.29, 1.82) is 0 Å². The molecule has 0 fully saturated rings. The average molecular weight is 379 g/mol. The summed E-state index contributed by atoms with van der Waals surface area (Å²) in [5.74, 6) is 2.27. The number of nitrogens with zero attached hydrogens (tertiary/aromatic N) is 4. The van der Waals surface area contributed by atoms with Crippen LogP contribution in [0.25, 0.3) is 16.6 Å². The molecule has 2 aromatic carbocycles. The molecule has 2 N–H and O–H groups in total. The Bertz CT molecular complexity index is 1160. The molecular weight excluding hydrogens is 358 g/mol. The lowest BCUT2D eigenvalue weighted by atomic mass is 10.1. The van der Waals surface area contributed by atoms with Crippen LogP contribution in [-0.4, -0.2) is 38.9 Å². The van der Waals surface area contributed by atoms with Gasteiger partial charge in [0.25, 0.3) is 0 Å². The van der Waals surface area contributed by atoms with Crippen molar-refractivity contribution in [3.8, 4) is 11.5 Å². The van der Waals surface area contributed by atoms with Gasteiger partial charge in [-0.15, -0.1) is 5.10 Å². The molecule has 0 unspecified atom stereocenters. The molecule has 0 bridgehead atoms. The first-order chi connectivity index (χ1) is 13.6. The van der Waals surface area contributed by atoms with Crippen LogP contribution < -0.4 is 14.8 Å². The number of aromatic nitrogens is 4. The Morgan fingerprint density at radius 2 is 1.89 bits per heavy atom. The Hall–Kier alpha value is -3.39. The lowest BCUT2D eigenvalue weighted by molar-refractivity contribution is 0.271. The number of hydrogen-bond donors (Lipinski definition) is 2. The van der Waals surface area contributed by atoms with Crippen LogP contribution in [0.4, 0.5) is 5.95 Å². The number of anilines is 1. The van der Waals surface area contributed by atoms with Gasteiger partial charge in [-0.05, 0) is 30.7 Å². The Labute approximate surface area is 161 Å². The van der Waals surface area contributed by atoms with Gasteiger partial charge in [0.2, 0.25) is 5.95 Å². The summed E-state index contributed by atoms with van der Waals surface area (Å²) in [6.07, 6.45) is 0. The number of ether oxygens (including phenoxy) is 2. The number of aryl methyl sites for hydroxylation is 1. The van der Waals surface area contributed by atoms with Crippen molar-refractivity contribution in [2.45, 2.75) is 20.1 Å². The Morgan fingerprint density at radius 3 is 2.64 bits per heavy atom. The summed E-state index contributed by atoms with van der Waals surface area (Å²) in [5.41, 5.74) is 3.39. The van der Waals surface area contributed by atoms with Gasteiger partial charge in [0.1, 0.15) is 23.6 Å². The monoisotopic (exact) mass is 379 g/mol. The lowest BCUT2D eigenvalue weighted by Gasteiger charge is -2.13. The van der Waals surface area contributed by atoms with Gasteiger partial charge in [0.15, 0.2) is 11.5 Å². The van der Waals surface area contributed by atoms with Crippen LogP contribution in [0.2, 0.25) is 0 Å². The molecule has 0 amide bonds. The van der Waals surface area contributed by atoms with E-state index in [1.54, 1.807) is 18.7 Å². The van der Waals surface area contributed by atoms with Gasteiger partial charge in [-0.25, -0.2) is 9.97 Å². The van der Waals surface area contributed by atoms with Crippen molar-refractivity contribution in [2.24, 2.45) is 0 Å². The second-order valence-electron chi connectivity index (χ2n) is 6.38. The highest BCUT2D eigenvalue weighted by Crippen LogP contribution is 2.29. The van der Waals surface area contributed by atoms with E-state index in [-0.39, 0.29) is 6.61 Å². The van der Waals surface area contributed by atoms with Crippen molar-refractivity contribution in [1.82, 2.24) is 19.6 Å². The molecule has 4 rings (SSSR count). The summed E-state index contributed by atoms with van der Waals surface area (Å²) in [7, 11) is 3.26. The summed E-state index contributed by atoms with van der Waals surface area (Å²) in [6.45, 7) is 2.26. The maximum Gasteiger partial charge on any atom is 0.226 e. The van der Waals surface area contributed by atoms with E-state index in [2.05, 4.69) is 15.4 Å². The van der Waals surface area contributed by atoms with E-state index in [9.17, 15) is 5.11 Å². The normalized spacial score (nSPS) is 11.1. The summed E-state index contributed by atoms with van der Waals surface area (Å²) in [4.78, 5) is 9.15. The highest BCUT2D eigenvalue weighted by molar-refractivity contribution is 5.95. The van der Waals surface area contributed by atoms with E-state index in [0.717, 1.165) is 22.3 Å². The Morgan fingerprint density at radius 1 is 1.07 bits per heavy atom. The second kappa shape index (κ2) is 7.32. The number of aliphatic hydroxyl groups excluding tert-OH is 1. The molecule has 0 spiro atoms. The molecule has 4 aromatic rings. The standard InChI is InChI=1S/C20H21N5O3/c1-12-7-8-13(16(9-12)28-3)10-21-20-23-18-14(5-4-6-15(18)27-2)19-22-17(11-26)24-25(19)20/h4-9,26H,10-11H2,1-3H3,(H,21,23). The fraction of sp³-hybridized carbons (Fsp3) is 0.250. The van der Waals surface area contributed by atoms with Gasteiger partial charge >= 0.3 is 0 Å². The Balaban J connectivity index is 1.82. The maximum atomic E-state index is 9.48. The third-order valence-electron chi connectivity index (χ3n) is 4.55. The molecule has 144 valence electrons. The lowest BCUT2D eigenvalue weighted by Crippen LogP contribution is -2.09. The number of fused-ring (bicyclic) bond motifs is 3. The fourth-order valence-electron chi connectivity index (χ4n) is 3.17. The van der Waals surface area contributed by atoms with Crippen LogP contribution in [-0.2, 0) is 13.2 Å². The fourth-order valence-corrected chi connectivity index (χ4v) is 3.17. The predicted octanol–water partition coefficient (Wildman–Crippen LogP) is 2.71. The van der Waals surface area contributed by atoms with Gasteiger partial charge in [0.05, 0.1) is 14.2 Å². The summed E-state index contributed by atoms with van der Waals surface area (Å²) >= 11 is 0. The minimum Gasteiger partial charge on any atom is -0.496 e. The van der Waals surface area contributed by atoms with E-state index >= 15 is 0 Å². The Kier molecular flexibility index (Phi) is 4.70. The van der Waals surface area contributed by atoms with Crippen LogP contribution in [0.3, 0.4) is 0 Å². The zero-order valence-electron chi connectivity index (χ0n) is 15.9. The SMILES string of the molecule is COc1cc(C)ccc1CNc1nc2c(OC)cccc2c2nc(CO)nn12. The third kappa shape index (κ3) is 3.07. The molecular formula is C20H21N5O3. The number of nitrogens with one attached hydrogen (secondary N) is 1. The van der Waals surface area contributed by atoms with Crippen LogP contribution in [0.5, 0.6) is 11.5 Å². The largest absolute Gasteiger partial charge is 0.496 e. The zero-order valence-corrected chi connectivity index (χ0v) is 15.9. The summed E-state index contributed by atoms with van der Waals surface area (Å²) in [6, 6.07) is 11.7.